The average molecular weight is 105 g/mol. The zero-order chi connectivity index (χ0) is 5.70. The molecule has 0 aliphatic rings. The van der Waals surface area contributed by atoms with Crippen LogP contribution in [0.1, 0.15) is 6.92 Å². The molecule has 7 heavy (non-hydrogen) atoms. The molecular formula is C4H7FO2. The van der Waals surface area contributed by atoms with E-state index in [0.717, 1.165) is 0 Å². The summed E-state index contributed by atoms with van der Waals surface area (Å²) in [5, 5.41) is 0. The lowest BCUT2D eigenvalue weighted by Gasteiger charge is -1.92. The number of halogens is 1. The van der Waals surface area contributed by atoms with Crippen LogP contribution in [0.25, 0.3) is 0 Å². The number of hydrogen-bond acceptors (Lipinski definition) is 2. The molecule has 0 amide bonds. The van der Waals surface area contributed by atoms with Crippen LogP contribution in [0.5, 0.6) is 0 Å². The Labute approximate surface area is 41.3 Å². The number of rotatable bonds is 2. The lowest BCUT2D eigenvalue weighted by molar-refractivity contribution is -0.144. The SMILES string of the molecule is CCOC(=O)C[18F]. The first-order chi connectivity index (χ1) is 3.31. The molecule has 0 fully saturated rings. The van der Waals surface area contributed by atoms with Gasteiger partial charge < -0.3 is 4.74 Å². The molecule has 3 heteroatoms. The van der Waals surface area contributed by atoms with Gasteiger partial charge in [-0.1, -0.05) is 0 Å². The summed E-state index contributed by atoms with van der Waals surface area (Å²) < 4.78 is 15.3. The monoisotopic (exact) mass is 105 g/mol. The van der Waals surface area contributed by atoms with Crippen molar-refractivity contribution in [2.24, 2.45) is 0 Å². The summed E-state index contributed by atoms with van der Waals surface area (Å²) in [7, 11) is 0. The molecule has 0 aromatic carbocycles. The normalized spacial score (nSPS) is 8.29. The molecular weight excluding hydrogens is 98.0 g/mol. The minimum Gasteiger partial charge on any atom is -0.464 e. The molecule has 0 aromatic heterocycles. The molecule has 0 radical (unpaired) electrons. The molecule has 0 saturated carbocycles. The van der Waals surface area contributed by atoms with E-state index in [-0.39, 0.29) is 6.61 Å². The van der Waals surface area contributed by atoms with Crippen molar-refractivity contribution in [3.63, 3.8) is 0 Å². The predicted octanol–water partition coefficient (Wildman–Crippen LogP) is 0.519. The van der Waals surface area contributed by atoms with Crippen LogP contribution in [-0.2, 0) is 9.53 Å². The number of carbonyl (C=O) groups is 1. The number of esters is 1. The highest BCUT2D eigenvalue weighted by molar-refractivity contribution is 5.70. The molecule has 0 bridgehead atoms. The van der Waals surface area contributed by atoms with Crippen LogP contribution in [0.2, 0.25) is 0 Å². The molecule has 2 nitrogen and oxygen atoms in total. The van der Waals surface area contributed by atoms with Crippen molar-refractivity contribution in [1.82, 2.24) is 0 Å². The van der Waals surface area contributed by atoms with Crippen LogP contribution in [-0.4, -0.2) is 19.3 Å². The van der Waals surface area contributed by atoms with Gasteiger partial charge in [-0.15, -0.1) is 0 Å². The minimum absolute atomic E-state index is 0.253. The van der Waals surface area contributed by atoms with Gasteiger partial charge in [-0.2, -0.15) is 0 Å². The zero-order valence-electron chi connectivity index (χ0n) is 4.11. The van der Waals surface area contributed by atoms with Crippen molar-refractivity contribution in [3.8, 4) is 0 Å². The van der Waals surface area contributed by atoms with Crippen molar-refractivity contribution in [3.05, 3.63) is 0 Å². The second-order valence-corrected chi connectivity index (χ2v) is 0.939. The summed E-state index contributed by atoms with van der Waals surface area (Å²) in [6.07, 6.45) is 0. The van der Waals surface area contributed by atoms with Gasteiger partial charge >= 0.3 is 5.97 Å². The molecule has 0 spiro atoms. The third-order valence-corrected chi connectivity index (χ3v) is 0.414. The van der Waals surface area contributed by atoms with Crippen LogP contribution in [0.3, 0.4) is 0 Å². The minimum atomic E-state index is -1.02. The fraction of sp³-hybridized carbons (Fsp3) is 0.750. The zero-order valence-corrected chi connectivity index (χ0v) is 4.11. The summed E-state index contributed by atoms with van der Waals surface area (Å²) in [6.45, 7) is 0.865. The van der Waals surface area contributed by atoms with Gasteiger partial charge in [0, 0.05) is 0 Å². The smallest absolute Gasteiger partial charge is 0.337 e. The topological polar surface area (TPSA) is 26.3 Å². The maximum atomic E-state index is 11.1. The van der Waals surface area contributed by atoms with E-state index in [1.54, 1.807) is 6.92 Å². The largest absolute Gasteiger partial charge is 0.464 e. The summed E-state index contributed by atoms with van der Waals surface area (Å²) >= 11 is 0. The fourth-order valence-corrected chi connectivity index (χ4v) is 0.200. The van der Waals surface area contributed by atoms with E-state index in [4.69, 9.17) is 0 Å². The predicted molar refractivity (Wildman–Crippen MR) is 22.6 cm³/mol. The Morgan fingerprint density at radius 1 is 1.86 bits per heavy atom. The Morgan fingerprint density at radius 2 is 2.43 bits per heavy atom. The lowest BCUT2D eigenvalue weighted by atomic mass is 10.7. The van der Waals surface area contributed by atoms with E-state index in [1.165, 1.54) is 0 Å². The Hall–Kier alpha value is -0.600. The number of ether oxygens (including phenoxy) is 1. The van der Waals surface area contributed by atoms with Gasteiger partial charge in [-0.25, -0.2) is 9.18 Å². The van der Waals surface area contributed by atoms with Crippen LogP contribution >= 0.6 is 0 Å². The first-order valence-corrected chi connectivity index (χ1v) is 2.02. The van der Waals surface area contributed by atoms with E-state index < -0.39 is 12.6 Å². The first kappa shape index (κ1) is 6.40. The lowest BCUT2D eigenvalue weighted by Crippen LogP contribution is -2.04. The molecule has 0 heterocycles. The quantitative estimate of drug-likeness (QED) is 0.478. The van der Waals surface area contributed by atoms with Crippen LogP contribution in [0.4, 0.5) is 4.39 Å². The second kappa shape index (κ2) is 3.59. The van der Waals surface area contributed by atoms with Gasteiger partial charge in [-0.3, -0.25) is 0 Å². The molecule has 0 N–H and O–H groups in total. The standard InChI is InChI=1S/C4H7FO2/c1-2-7-4(6)3-5/h2-3H2,1H3/i5-1. The van der Waals surface area contributed by atoms with Crippen molar-refractivity contribution < 1.29 is 13.9 Å². The van der Waals surface area contributed by atoms with Crippen LogP contribution in [0.15, 0.2) is 0 Å². The highest BCUT2D eigenvalue weighted by Crippen LogP contribution is 1.75. The van der Waals surface area contributed by atoms with Gasteiger partial charge in [-0.05, 0) is 6.92 Å². The van der Waals surface area contributed by atoms with Crippen LogP contribution in [0, 0.1) is 0 Å². The van der Waals surface area contributed by atoms with E-state index >= 15 is 0 Å². The van der Waals surface area contributed by atoms with E-state index in [0.29, 0.717) is 0 Å². The van der Waals surface area contributed by atoms with E-state index in [2.05, 4.69) is 4.74 Å². The van der Waals surface area contributed by atoms with Crippen molar-refractivity contribution >= 4 is 5.97 Å². The molecule has 42 valence electrons. The molecule has 0 aliphatic carbocycles. The Balaban J connectivity index is 3.00. The number of carbonyl (C=O) groups excluding carboxylic acids is 1. The molecule has 0 saturated heterocycles. The van der Waals surface area contributed by atoms with Gasteiger partial charge in [0.25, 0.3) is 0 Å². The molecule has 0 atom stereocenters. The third-order valence-electron chi connectivity index (χ3n) is 0.414. The molecule has 0 aromatic rings. The molecule has 0 unspecified atom stereocenters. The summed E-state index contributed by atoms with van der Waals surface area (Å²) in [5.74, 6) is -0.789. The Bertz CT molecular complexity index is 62.7. The van der Waals surface area contributed by atoms with Gasteiger partial charge in [0.05, 0.1) is 6.61 Å². The van der Waals surface area contributed by atoms with E-state index in [1.807, 2.05) is 0 Å². The number of alkyl halides is 1. The maximum absolute atomic E-state index is 11.1. The second-order valence-electron chi connectivity index (χ2n) is 0.939. The van der Waals surface area contributed by atoms with Crippen molar-refractivity contribution in [2.45, 2.75) is 6.92 Å². The molecule has 0 rings (SSSR count). The van der Waals surface area contributed by atoms with Crippen molar-refractivity contribution in [1.29, 1.82) is 0 Å². The summed E-state index contributed by atoms with van der Waals surface area (Å²) in [5.41, 5.74) is 0. The highest BCUT2D eigenvalue weighted by Gasteiger charge is 1.94. The van der Waals surface area contributed by atoms with Crippen molar-refractivity contribution in [2.75, 3.05) is 13.3 Å². The Morgan fingerprint density at radius 3 is 2.57 bits per heavy atom. The third kappa shape index (κ3) is 3.22. The first-order valence-electron chi connectivity index (χ1n) is 2.02. The van der Waals surface area contributed by atoms with Gasteiger partial charge in [0.15, 0.2) is 6.67 Å². The molecule has 0 aliphatic heterocycles. The Kier molecular flexibility index (Phi) is 3.28. The average Bonchev–Trinajstić information content (AvgIpc) is 1.68. The van der Waals surface area contributed by atoms with Gasteiger partial charge in [0.2, 0.25) is 0 Å². The summed E-state index contributed by atoms with van der Waals surface area (Å²) in [6, 6.07) is 0. The highest BCUT2D eigenvalue weighted by atomic mass is 18.2. The maximum Gasteiger partial charge on any atom is 0.337 e. The summed E-state index contributed by atoms with van der Waals surface area (Å²) in [4.78, 5) is 9.81. The van der Waals surface area contributed by atoms with E-state index in [9.17, 15) is 9.18 Å². The van der Waals surface area contributed by atoms with Crippen LogP contribution < -0.4 is 0 Å². The fourth-order valence-electron chi connectivity index (χ4n) is 0.200. The number of hydrogen-bond donors (Lipinski definition) is 0. The van der Waals surface area contributed by atoms with Gasteiger partial charge in [0.1, 0.15) is 0 Å².